The van der Waals surface area contributed by atoms with Crippen molar-refractivity contribution in [1.29, 1.82) is 0 Å². The van der Waals surface area contributed by atoms with E-state index in [9.17, 15) is 9.59 Å². The third-order valence-electron chi connectivity index (χ3n) is 4.47. The van der Waals surface area contributed by atoms with E-state index in [0.717, 1.165) is 5.56 Å². The quantitative estimate of drug-likeness (QED) is 0.589. The first kappa shape index (κ1) is 21.2. The topological polar surface area (TPSA) is 49.4 Å². The molecule has 3 aromatic rings. The van der Waals surface area contributed by atoms with Crippen LogP contribution in [0.1, 0.15) is 24.1 Å². The molecule has 3 aromatic carbocycles. The molecule has 0 radical (unpaired) electrons. The Kier molecular flexibility index (Phi) is 7.26. The first-order valence-corrected chi connectivity index (χ1v) is 9.86. The van der Waals surface area contributed by atoms with Crippen LogP contribution in [0, 0.1) is 11.8 Å². The molecule has 0 aliphatic carbocycles. The van der Waals surface area contributed by atoms with Gasteiger partial charge in [0.15, 0.2) is 0 Å². The molecule has 0 saturated heterocycles. The Balaban J connectivity index is 2.02. The maximum Gasteiger partial charge on any atom is 0.303 e. The van der Waals surface area contributed by atoms with Crippen molar-refractivity contribution in [2.24, 2.45) is 0 Å². The Bertz CT molecular complexity index is 1070. The van der Waals surface area contributed by atoms with Crippen molar-refractivity contribution in [2.45, 2.75) is 19.5 Å². The van der Waals surface area contributed by atoms with E-state index < -0.39 is 11.9 Å². The smallest absolute Gasteiger partial charge is 0.303 e. The summed E-state index contributed by atoms with van der Waals surface area (Å²) in [5, 5.41) is 3.41. The van der Waals surface area contributed by atoms with Crippen molar-refractivity contribution >= 4 is 29.1 Å². The fourth-order valence-electron chi connectivity index (χ4n) is 3.11. The van der Waals surface area contributed by atoms with E-state index in [1.165, 1.54) is 4.90 Å². The maximum absolute atomic E-state index is 13.3. The summed E-state index contributed by atoms with van der Waals surface area (Å²) >= 11 is 6.17. The largest absolute Gasteiger partial charge is 0.350 e. The number of nitrogens with zero attached hydrogens (tertiary/aromatic N) is 1. The highest BCUT2D eigenvalue weighted by molar-refractivity contribution is 6.31. The number of anilines is 1. The zero-order valence-electron chi connectivity index (χ0n) is 16.5. The molecule has 4 nitrogen and oxygen atoms in total. The number of carbonyl (C=O) groups is 2. The van der Waals surface area contributed by atoms with Crippen molar-refractivity contribution in [2.75, 3.05) is 4.90 Å². The fraction of sp³-hybridized carbons (Fsp3) is 0.120. The van der Waals surface area contributed by atoms with E-state index in [-0.39, 0.29) is 5.91 Å². The highest BCUT2D eigenvalue weighted by Gasteiger charge is 2.32. The van der Waals surface area contributed by atoms with Crippen molar-refractivity contribution in [3.05, 3.63) is 101 Å². The summed E-state index contributed by atoms with van der Waals surface area (Å²) in [6, 6.07) is 24.7. The second-order valence-corrected chi connectivity index (χ2v) is 6.98. The number of hydrogen-bond acceptors (Lipinski definition) is 2. The number of benzene rings is 3. The Labute approximate surface area is 181 Å². The lowest BCUT2D eigenvalue weighted by Gasteiger charge is -2.30. The molecule has 150 valence electrons. The lowest BCUT2D eigenvalue weighted by Crippen LogP contribution is -2.43. The lowest BCUT2D eigenvalue weighted by molar-refractivity contribution is -0.125. The predicted molar refractivity (Wildman–Crippen MR) is 120 cm³/mol. The van der Waals surface area contributed by atoms with Crippen LogP contribution in [0.5, 0.6) is 0 Å². The predicted octanol–water partition coefficient (Wildman–Crippen LogP) is 4.75. The molecule has 0 aliphatic rings. The third kappa shape index (κ3) is 5.28. The summed E-state index contributed by atoms with van der Waals surface area (Å²) in [4.78, 5) is 27.7. The van der Waals surface area contributed by atoms with Crippen molar-refractivity contribution in [3.63, 3.8) is 0 Å². The van der Waals surface area contributed by atoms with Gasteiger partial charge in [-0.1, -0.05) is 84.3 Å². The number of halogens is 1. The molecule has 0 saturated carbocycles. The molecule has 0 aliphatic heterocycles. The van der Waals surface area contributed by atoms with Crippen LogP contribution in [0.2, 0.25) is 5.02 Å². The average molecular weight is 417 g/mol. The van der Waals surface area contributed by atoms with Gasteiger partial charge >= 0.3 is 5.91 Å². The number of hydrogen-bond donors (Lipinski definition) is 1. The standard InChI is InChI=1S/C25H21ClN2O2/c1-2-10-23(29)28(22-16-9-15-21(26)17-22)24(20-13-7-4-8-14-20)25(30)27-18-19-11-5-3-6-12-19/h3-9,11-17,24H,18H2,1H3,(H,27,30). The molecule has 0 aromatic heterocycles. The summed E-state index contributed by atoms with van der Waals surface area (Å²) in [6.07, 6.45) is 0. The molecular weight excluding hydrogens is 396 g/mol. The molecular formula is C25H21ClN2O2. The van der Waals surface area contributed by atoms with E-state index in [0.29, 0.717) is 22.8 Å². The van der Waals surface area contributed by atoms with E-state index in [4.69, 9.17) is 11.6 Å². The van der Waals surface area contributed by atoms with Crippen LogP contribution in [-0.4, -0.2) is 11.8 Å². The van der Waals surface area contributed by atoms with Gasteiger partial charge in [-0.3, -0.25) is 14.5 Å². The molecule has 0 spiro atoms. The Hall–Kier alpha value is -3.55. The van der Waals surface area contributed by atoms with Crippen molar-refractivity contribution < 1.29 is 9.59 Å². The van der Waals surface area contributed by atoms with Gasteiger partial charge in [-0.15, -0.1) is 0 Å². The molecule has 1 atom stereocenters. The van der Waals surface area contributed by atoms with Gasteiger partial charge in [-0.25, -0.2) is 0 Å². The van der Waals surface area contributed by atoms with Gasteiger partial charge in [0.2, 0.25) is 5.91 Å². The van der Waals surface area contributed by atoms with Gasteiger partial charge in [0.1, 0.15) is 6.04 Å². The number of carbonyl (C=O) groups excluding carboxylic acids is 2. The van der Waals surface area contributed by atoms with E-state index in [1.807, 2.05) is 60.7 Å². The van der Waals surface area contributed by atoms with Crippen LogP contribution in [0.15, 0.2) is 84.9 Å². The Morgan fingerprint density at radius 3 is 2.27 bits per heavy atom. The van der Waals surface area contributed by atoms with Gasteiger partial charge in [0.25, 0.3) is 0 Å². The van der Waals surface area contributed by atoms with Crippen LogP contribution >= 0.6 is 11.6 Å². The normalized spacial score (nSPS) is 11.0. The minimum Gasteiger partial charge on any atom is -0.350 e. The molecule has 1 N–H and O–H groups in total. The third-order valence-corrected chi connectivity index (χ3v) is 4.70. The van der Waals surface area contributed by atoms with Crippen LogP contribution in [0.3, 0.4) is 0 Å². The monoisotopic (exact) mass is 416 g/mol. The Morgan fingerprint density at radius 2 is 1.63 bits per heavy atom. The van der Waals surface area contributed by atoms with Crippen LogP contribution in [0.25, 0.3) is 0 Å². The maximum atomic E-state index is 13.3. The van der Waals surface area contributed by atoms with Crippen LogP contribution in [-0.2, 0) is 16.1 Å². The average Bonchev–Trinajstić information content (AvgIpc) is 2.77. The molecule has 30 heavy (non-hydrogen) atoms. The summed E-state index contributed by atoms with van der Waals surface area (Å²) in [5.74, 6) is 4.39. The minimum atomic E-state index is -0.901. The fourth-order valence-corrected chi connectivity index (χ4v) is 3.30. The van der Waals surface area contributed by atoms with Gasteiger partial charge in [-0.2, -0.15) is 0 Å². The zero-order valence-corrected chi connectivity index (χ0v) is 17.3. The highest BCUT2D eigenvalue weighted by atomic mass is 35.5. The van der Waals surface area contributed by atoms with Gasteiger partial charge < -0.3 is 5.32 Å². The first-order valence-electron chi connectivity index (χ1n) is 9.48. The van der Waals surface area contributed by atoms with E-state index in [2.05, 4.69) is 17.2 Å². The highest BCUT2D eigenvalue weighted by Crippen LogP contribution is 2.29. The summed E-state index contributed by atoms with van der Waals surface area (Å²) in [6.45, 7) is 1.93. The van der Waals surface area contributed by atoms with Crippen LogP contribution < -0.4 is 10.2 Å². The summed E-state index contributed by atoms with van der Waals surface area (Å²) in [5.41, 5.74) is 2.14. The molecule has 0 heterocycles. The summed E-state index contributed by atoms with van der Waals surface area (Å²) < 4.78 is 0. The SMILES string of the molecule is CC#CC(=O)N(c1cccc(Cl)c1)C(C(=O)NCc1ccccc1)c1ccccc1. The second-order valence-electron chi connectivity index (χ2n) is 6.55. The molecule has 3 rings (SSSR count). The second kappa shape index (κ2) is 10.3. The molecule has 5 heteroatoms. The lowest BCUT2D eigenvalue weighted by atomic mass is 10.0. The van der Waals surface area contributed by atoms with Gasteiger partial charge in [-0.05, 0) is 42.2 Å². The van der Waals surface area contributed by atoms with Gasteiger partial charge in [0.05, 0.1) is 0 Å². The van der Waals surface area contributed by atoms with E-state index in [1.54, 1.807) is 31.2 Å². The molecule has 0 bridgehead atoms. The molecule has 2 amide bonds. The zero-order chi connectivity index (χ0) is 21.3. The molecule has 0 fully saturated rings. The minimum absolute atomic E-state index is 0.309. The van der Waals surface area contributed by atoms with Crippen molar-refractivity contribution in [3.8, 4) is 11.8 Å². The van der Waals surface area contributed by atoms with Crippen molar-refractivity contribution in [1.82, 2.24) is 5.32 Å². The van der Waals surface area contributed by atoms with E-state index >= 15 is 0 Å². The van der Waals surface area contributed by atoms with Gasteiger partial charge in [0, 0.05) is 17.3 Å². The summed E-state index contributed by atoms with van der Waals surface area (Å²) in [7, 11) is 0. The molecule has 1 unspecified atom stereocenters. The number of amides is 2. The van der Waals surface area contributed by atoms with Crippen LogP contribution in [0.4, 0.5) is 5.69 Å². The number of rotatable bonds is 6. The first-order chi connectivity index (χ1) is 14.6. The Morgan fingerprint density at radius 1 is 0.967 bits per heavy atom. The number of nitrogens with one attached hydrogen (secondary N) is 1.